The van der Waals surface area contributed by atoms with E-state index in [0.717, 1.165) is 19.3 Å². The standard InChI is InChI=1S/C15H21NO4S/c1-21(19,20)14-9-5-4-8-13(14)16-10-11-6-2-3-7-12(11)15(17)18/h4-5,8-9,11-12,16H,2-3,6-7,10H2,1H3,(H,17,18). The molecule has 1 fully saturated rings. The number of nitrogens with one attached hydrogen (secondary N) is 1. The molecule has 0 spiro atoms. The molecule has 0 bridgehead atoms. The summed E-state index contributed by atoms with van der Waals surface area (Å²) in [6.07, 6.45) is 4.73. The van der Waals surface area contributed by atoms with Crippen molar-refractivity contribution in [3.63, 3.8) is 0 Å². The minimum atomic E-state index is -3.30. The number of anilines is 1. The molecule has 6 heteroatoms. The van der Waals surface area contributed by atoms with Crippen LogP contribution in [0.2, 0.25) is 0 Å². The number of hydrogen-bond acceptors (Lipinski definition) is 4. The van der Waals surface area contributed by atoms with Gasteiger partial charge in [0.25, 0.3) is 0 Å². The quantitative estimate of drug-likeness (QED) is 0.872. The number of rotatable bonds is 5. The summed E-state index contributed by atoms with van der Waals surface area (Å²) in [5.74, 6) is -1.04. The summed E-state index contributed by atoms with van der Waals surface area (Å²) < 4.78 is 23.5. The minimum absolute atomic E-state index is 0.0452. The van der Waals surface area contributed by atoms with E-state index in [1.807, 2.05) is 0 Å². The average molecular weight is 311 g/mol. The number of carboxylic acids is 1. The van der Waals surface area contributed by atoms with Crippen molar-refractivity contribution in [2.45, 2.75) is 30.6 Å². The van der Waals surface area contributed by atoms with Crippen LogP contribution in [0.3, 0.4) is 0 Å². The van der Waals surface area contributed by atoms with E-state index in [1.165, 1.54) is 6.26 Å². The summed E-state index contributed by atoms with van der Waals surface area (Å²) >= 11 is 0. The molecule has 1 aliphatic rings. The molecular formula is C15H21NO4S. The van der Waals surface area contributed by atoms with E-state index in [4.69, 9.17) is 0 Å². The first-order valence-electron chi connectivity index (χ1n) is 7.15. The molecule has 116 valence electrons. The molecule has 5 nitrogen and oxygen atoms in total. The Labute approximate surface area is 125 Å². The van der Waals surface area contributed by atoms with Gasteiger partial charge in [0, 0.05) is 12.8 Å². The lowest BCUT2D eigenvalue weighted by atomic mass is 9.79. The number of benzene rings is 1. The van der Waals surface area contributed by atoms with E-state index in [1.54, 1.807) is 24.3 Å². The molecule has 1 aromatic rings. The molecule has 2 rings (SSSR count). The number of aliphatic carboxylic acids is 1. The van der Waals surface area contributed by atoms with Crippen LogP contribution >= 0.6 is 0 Å². The molecule has 0 saturated heterocycles. The Hall–Kier alpha value is -1.56. The van der Waals surface area contributed by atoms with Gasteiger partial charge in [-0.05, 0) is 30.9 Å². The van der Waals surface area contributed by atoms with Crippen LogP contribution in [0.25, 0.3) is 0 Å². The van der Waals surface area contributed by atoms with E-state index in [2.05, 4.69) is 5.32 Å². The van der Waals surface area contributed by atoms with Crippen LogP contribution in [-0.4, -0.2) is 32.3 Å². The first-order chi connectivity index (χ1) is 9.89. The molecule has 2 unspecified atom stereocenters. The smallest absolute Gasteiger partial charge is 0.306 e. The number of carboxylic acid groups (broad SMARTS) is 1. The molecule has 2 atom stereocenters. The van der Waals surface area contributed by atoms with Gasteiger partial charge in [-0.3, -0.25) is 4.79 Å². The fourth-order valence-electron chi connectivity index (χ4n) is 2.95. The zero-order chi connectivity index (χ0) is 15.5. The van der Waals surface area contributed by atoms with Gasteiger partial charge in [-0.2, -0.15) is 0 Å². The highest BCUT2D eigenvalue weighted by Gasteiger charge is 2.30. The Balaban J connectivity index is 2.11. The maximum atomic E-state index is 11.7. The second-order valence-corrected chi connectivity index (χ2v) is 7.62. The van der Waals surface area contributed by atoms with Crippen LogP contribution in [0.15, 0.2) is 29.2 Å². The van der Waals surface area contributed by atoms with Gasteiger partial charge in [0.2, 0.25) is 0 Å². The lowest BCUT2D eigenvalue weighted by Gasteiger charge is -2.29. The van der Waals surface area contributed by atoms with Crippen molar-refractivity contribution < 1.29 is 18.3 Å². The van der Waals surface area contributed by atoms with Gasteiger partial charge < -0.3 is 10.4 Å². The Bertz CT molecular complexity index is 612. The van der Waals surface area contributed by atoms with Gasteiger partial charge in [-0.1, -0.05) is 25.0 Å². The number of carbonyl (C=O) groups is 1. The summed E-state index contributed by atoms with van der Waals surface area (Å²) in [5, 5.41) is 12.4. The van der Waals surface area contributed by atoms with Crippen LogP contribution in [-0.2, 0) is 14.6 Å². The van der Waals surface area contributed by atoms with Gasteiger partial charge >= 0.3 is 5.97 Å². The third kappa shape index (κ3) is 3.97. The summed E-state index contributed by atoms with van der Waals surface area (Å²) in [6, 6.07) is 6.73. The molecule has 0 amide bonds. The highest BCUT2D eigenvalue weighted by molar-refractivity contribution is 7.90. The van der Waals surface area contributed by atoms with Gasteiger partial charge in [0.1, 0.15) is 0 Å². The minimum Gasteiger partial charge on any atom is -0.481 e. The number of para-hydroxylation sites is 1. The molecule has 1 saturated carbocycles. The van der Waals surface area contributed by atoms with Crippen LogP contribution in [0.5, 0.6) is 0 Å². The second kappa shape index (κ2) is 6.47. The molecular weight excluding hydrogens is 290 g/mol. The first kappa shape index (κ1) is 15.8. The van der Waals surface area contributed by atoms with Crippen molar-refractivity contribution in [3.8, 4) is 0 Å². The molecule has 1 aromatic carbocycles. The Morgan fingerprint density at radius 3 is 2.62 bits per heavy atom. The third-order valence-corrected chi connectivity index (χ3v) is 5.22. The van der Waals surface area contributed by atoms with E-state index >= 15 is 0 Å². The number of hydrogen-bond donors (Lipinski definition) is 2. The predicted octanol–water partition coefficient (Wildman–Crippen LogP) is 2.39. The maximum Gasteiger partial charge on any atom is 0.306 e. The summed E-state index contributed by atoms with van der Waals surface area (Å²) in [6.45, 7) is 0.490. The zero-order valence-electron chi connectivity index (χ0n) is 12.1. The topological polar surface area (TPSA) is 83.5 Å². The van der Waals surface area contributed by atoms with E-state index in [0.29, 0.717) is 18.7 Å². The third-order valence-electron chi connectivity index (χ3n) is 4.07. The lowest BCUT2D eigenvalue weighted by molar-refractivity contribution is -0.144. The summed E-state index contributed by atoms with van der Waals surface area (Å²) in [7, 11) is -3.30. The molecule has 2 N–H and O–H groups in total. The van der Waals surface area contributed by atoms with Gasteiger partial charge in [-0.15, -0.1) is 0 Å². The molecule has 0 heterocycles. The number of sulfone groups is 1. The molecule has 0 radical (unpaired) electrons. The fraction of sp³-hybridized carbons (Fsp3) is 0.533. The first-order valence-corrected chi connectivity index (χ1v) is 9.04. The Kier molecular flexibility index (Phi) is 4.88. The lowest BCUT2D eigenvalue weighted by Crippen LogP contribution is -2.32. The van der Waals surface area contributed by atoms with Gasteiger partial charge in [0.05, 0.1) is 16.5 Å². The van der Waals surface area contributed by atoms with Gasteiger partial charge in [0.15, 0.2) is 9.84 Å². The molecule has 0 aromatic heterocycles. The van der Waals surface area contributed by atoms with E-state index < -0.39 is 15.8 Å². The summed E-state index contributed by atoms with van der Waals surface area (Å²) in [4.78, 5) is 11.5. The predicted molar refractivity (Wildman–Crippen MR) is 81.1 cm³/mol. The molecule has 0 aliphatic heterocycles. The summed E-state index contributed by atoms with van der Waals surface area (Å²) in [5.41, 5.74) is 0.551. The van der Waals surface area contributed by atoms with Crippen molar-refractivity contribution in [1.82, 2.24) is 0 Å². The van der Waals surface area contributed by atoms with Gasteiger partial charge in [-0.25, -0.2) is 8.42 Å². The Morgan fingerprint density at radius 2 is 1.95 bits per heavy atom. The molecule has 21 heavy (non-hydrogen) atoms. The Morgan fingerprint density at radius 1 is 1.29 bits per heavy atom. The van der Waals surface area contributed by atoms with Crippen LogP contribution in [0, 0.1) is 11.8 Å². The highest BCUT2D eigenvalue weighted by Crippen LogP contribution is 2.31. The fourth-order valence-corrected chi connectivity index (χ4v) is 3.82. The van der Waals surface area contributed by atoms with Crippen LogP contribution in [0.1, 0.15) is 25.7 Å². The monoisotopic (exact) mass is 311 g/mol. The van der Waals surface area contributed by atoms with Crippen molar-refractivity contribution in [2.24, 2.45) is 11.8 Å². The normalized spacial score (nSPS) is 22.7. The van der Waals surface area contributed by atoms with E-state index in [-0.39, 0.29) is 16.7 Å². The highest BCUT2D eigenvalue weighted by atomic mass is 32.2. The largest absolute Gasteiger partial charge is 0.481 e. The second-order valence-electron chi connectivity index (χ2n) is 5.64. The van der Waals surface area contributed by atoms with Crippen LogP contribution < -0.4 is 5.32 Å². The van der Waals surface area contributed by atoms with Crippen molar-refractivity contribution in [1.29, 1.82) is 0 Å². The SMILES string of the molecule is CS(=O)(=O)c1ccccc1NCC1CCCCC1C(=O)O. The average Bonchev–Trinajstić information content (AvgIpc) is 2.44. The molecule has 1 aliphatic carbocycles. The van der Waals surface area contributed by atoms with Crippen molar-refractivity contribution in [2.75, 3.05) is 18.1 Å². The zero-order valence-corrected chi connectivity index (χ0v) is 12.9. The van der Waals surface area contributed by atoms with Crippen molar-refractivity contribution >= 4 is 21.5 Å². The van der Waals surface area contributed by atoms with Crippen LogP contribution in [0.4, 0.5) is 5.69 Å². The van der Waals surface area contributed by atoms with E-state index in [9.17, 15) is 18.3 Å². The van der Waals surface area contributed by atoms with Crippen molar-refractivity contribution in [3.05, 3.63) is 24.3 Å². The maximum absolute atomic E-state index is 11.7.